The number of furan rings is 1. The van der Waals surface area contributed by atoms with E-state index in [0.717, 1.165) is 16.5 Å². The lowest BCUT2D eigenvalue weighted by Gasteiger charge is -2.37. The van der Waals surface area contributed by atoms with Crippen molar-refractivity contribution in [1.29, 1.82) is 0 Å². The number of hydrogen-bond acceptors (Lipinski definition) is 2. The Morgan fingerprint density at radius 1 is 1.00 bits per heavy atom. The van der Waals surface area contributed by atoms with E-state index >= 15 is 0 Å². The third-order valence-electron chi connectivity index (χ3n) is 4.71. The first-order chi connectivity index (χ1) is 10.6. The molecule has 0 amide bonds. The highest BCUT2D eigenvalue weighted by molar-refractivity contribution is 6.03. The fourth-order valence-electron chi connectivity index (χ4n) is 3.81. The zero-order valence-electron chi connectivity index (χ0n) is 12.8. The van der Waals surface area contributed by atoms with E-state index in [2.05, 4.69) is 44.2 Å². The highest BCUT2D eigenvalue weighted by Crippen LogP contribution is 2.51. The summed E-state index contributed by atoms with van der Waals surface area (Å²) in [6.45, 7) is 4.35. The second-order valence-electron chi connectivity index (χ2n) is 6.77. The molecular weight excluding hydrogens is 272 g/mol. The summed E-state index contributed by atoms with van der Waals surface area (Å²) in [7, 11) is 0. The van der Waals surface area contributed by atoms with Crippen molar-refractivity contribution in [2.45, 2.75) is 26.2 Å². The van der Waals surface area contributed by atoms with E-state index in [1.165, 1.54) is 5.56 Å². The molecular formula is C20H18O2. The summed E-state index contributed by atoms with van der Waals surface area (Å²) in [4.78, 5) is 12.6. The Morgan fingerprint density at radius 2 is 1.68 bits per heavy atom. The molecule has 0 saturated carbocycles. The number of ketones is 1. The Bertz CT molecular complexity index is 856. The van der Waals surface area contributed by atoms with Crippen LogP contribution in [0.1, 0.15) is 47.9 Å². The van der Waals surface area contributed by atoms with Crippen LogP contribution in [0.2, 0.25) is 0 Å². The molecule has 0 radical (unpaired) electrons. The van der Waals surface area contributed by atoms with Gasteiger partial charge in [-0.05, 0) is 17.0 Å². The molecule has 110 valence electrons. The maximum absolute atomic E-state index is 12.6. The van der Waals surface area contributed by atoms with E-state index in [9.17, 15) is 4.79 Å². The highest BCUT2D eigenvalue weighted by Gasteiger charge is 2.44. The largest absolute Gasteiger partial charge is 0.453 e. The zero-order valence-corrected chi connectivity index (χ0v) is 12.8. The van der Waals surface area contributed by atoms with Gasteiger partial charge in [0.1, 0.15) is 5.58 Å². The lowest BCUT2D eigenvalue weighted by Crippen LogP contribution is -2.32. The van der Waals surface area contributed by atoms with Gasteiger partial charge in [0.05, 0.1) is 0 Å². The lowest BCUT2D eigenvalue weighted by atomic mass is 9.64. The fraction of sp³-hybridized carbons (Fsp3) is 0.250. The van der Waals surface area contributed by atoms with Gasteiger partial charge in [-0.3, -0.25) is 4.79 Å². The van der Waals surface area contributed by atoms with E-state index < -0.39 is 0 Å². The van der Waals surface area contributed by atoms with Crippen molar-refractivity contribution in [2.75, 3.05) is 0 Å². The van der Waals surface area contributed by atoms with E-state index in [1.54, 1.807) is 0 Å². The van der Waals surface area contributed by atoms with Gasteiger partial charge in [0.25, 0.3) is 0 Å². The van der Waals surface area contributed by atoms with Gasteiger partial charge in [-0.2, -0.15) is 0 Å². The minimum Gasteiger partial charge on any atom is -0.453 e. The zero-order chi connectivity index (χ0) is 15.3. The van der Waals surface area contributed by atoms with Gasteiger partial charge in [0, 0.05) is 23.3 Å². The Balaban J connectivity index is 2.06. The Hall–Kier alpha value is -2.35. The molecule has 1 aromatic heterocycles. The van der Waals surface area contributed by atoms with Crippen molar-refractivity contribution in [3.63, 3.8) is 0 Å². The number of carbonyl (C=O) groups is 1. The van der Waals surface area contributed by atoms with Crippen LogP contribution in [0.25, 0.3) is 11.0 Å². The van der Waals surface area contributed by atoms with Gasteiger partial charge in [-0.15, -0.1) is 0 Å². The summed E-state index contributed by atoms with van der Waals surface area (Å²) in [5.74, 6) is 0.836. The van der Waals surface area contributed by atoms with Crippen LogP contribution in [-0.2, 0) is 0 Å². The third-order valence-corrected chi connectivity index (χ3v) is 4.71. The van der Waals surface area contributed by atoms with E-state index in [0.29, 0.717) is 12.2 Å². The standard InChI is InChI=1S/C20H18O2/c1-20(2)12-15(21)19-17(14-10-6-7-11-16(14)22-19)18(20)13-8-4-3-5-9-13/h3-11,18H,12H2,1-2H3. The Morgan fingerprint density at radius 3 is 2.45 bits per heavy atom. The number of carbonyl (C=O) groups excluding carboxylic acids is 1. The molecule has 0 aliphatic heterocycles. The molecule has 1 unspecified atom stereocenters. The molecule has 2 aromatic carbocycles. The molecule has 2 nitrogen and oxygen atoms in total. The van der Waals surface area contributed by atoms with Gasteiger partial charge in [-0.1, -0.05) is 62.4 Å². The maximum atomic E-state index is 12.6. The van der Waals surface area contributed by atoms with Crippen LogP contribution in [0.4, 0.5) is 0 Å². The molecule has 3 aromatic rings. The summed E-state index contributed by atoms with van der Waals surface area (Å²) in [6.07, 6.45) is 0.513. The third kappa shape index (κ3) is 1.83. The molecule has 2 heteroatoms. The molecule has 22 heavy (non-hydrogen) atoms. The average Bonchev–Trinajstić information content (AvgIpc) is 2.87. The first-order valence-electron chi connectivity index (χ1n) is 7.67. The monoisotopic (exact) mass is 290 g/mol. The van der Waals surface area contributed by atoms with Crippen molar-refractivity contribution < 1.29 is 9.21 Å². The van der Waals surface area contributed by atoms with Crippen LogP contribution in [0.15, 0.2) is 59.0 Å². The smallest absolute Gasteiger partial charge is 0.198 e. The number of hydrogen-bond donors (Lipinski definition) is 0. The van der Waals surface area contributed by atoms with Crippen molar-refractivity contribution >= 4 is 16.8 Å². The summed E-state index contributed by atoms with van der Waals surface area (Å²) >= 11 is 0. The van der Waals surface area contributed by atoms with Crippen LogP contribution in [0, 0.1) is 5.41 Å². The summed E-state index contributed by atoms with van der Waals surface area (Å²) in [5, 5.41) is 1.06. The van der Waals surface area contributed by atoms with Crippen molar-refractivity contribution in [3.8, 4) is 0 Å². The van der Waals surface area contributed by atoms with Gasteiger partial charge in [0.15, 0.2) is 11.5 Å². The van der Waals surface area contributed by atoms with Gasteiger partial charge >= 0.3 is 0 Å². The van der Waals surface area contributed by atoms with Crippen LogP contribution in [0.5, 0.6) is 0 Å². The second-order valence-corrected chi connectivity index (χ2v) is 6.77. The summed E-state index contributed by atoms with van der Waals surface area (Å²) < 4.78 is 5.90. The number of Topliss-reactive ketones (excluding diaryl/α,β-unsaturated/α-hetero) is 1. The van der Waals surface area contributed by atoms with Gasteiger partial charge < -0.3 is 4.42 Å². The second kappa shape index (κ2) is 4.57. The molecule has 0 fully saturated rings. The van der Waals surface area contributed by atoms with E-state index in [1.807, 2.05) is 24.3 Å². The van der Waals surface area contributed by atoms with Gasteiger partial charge in [-0.25, -0.2) is 0 Å². The normalized spacial score (nSPS) is 20.1. The Kier molecular flexibility index (Phi) is 2.77. The predicted octanol–water partition coefficient (Wildman–Crippen LogP) is 5.18. The molecule has 0 bridgehead atoms. The van der Waals surface area contributed by atoms with Crippen LogP contribution in [0.3, 0.4) is 0 Å². The molecule has 1 atom stereocenters. The molecule has 0 saturated heterocycles. The first-order valence-corrected chi connectivity index (χ1v) is 7.67. The van der Waals surface area contributed by atoms with Crippen molar-refractivity contribution in [3.05, 3.63) is 71.5 Å². The number of fused-ring (bicyclic) bond motifs is 3. The lowest BCUT2D eigenvalue weighted by molar-refractivity contribution is 0.0867. The maximum Gasteiger partial charge on any atom is 0.198 e. The van der Waals surface area contributed by atoms with E-state index in [-0.39, 0.29) is 17.1 Å². The minimum atomic E-state index is -0.127. The summed E-state index contributed by atoms with van der Waals surface area (Å²) in [5.41, 5.74) is 2.98. The first kappa shape index (κ1) is 13.3. The highest BCUT2D eigenvalue weighted by atomic mass is 16.3. The SMILES string of the molecule is CC1(C)CC(=O)c2oc3ccccc3c2C1c1ccccc1. The molecule has 4 rings (SSSR count). The van der Waals surface area contributed by atoms with Crippen molar-refractivity contribution in [2.24, 2.45) is 5.41 Å². The molecule has 0 N–H and O–H groups in total. The number of rotatable bonds is 1. The molecule has 1 aliphatic carbocycles. The predicted molar refractivity (Wildman–Crippen MR) is 87.2 cm³/mol. The van der Waals surface area contributed by atoms with Crippen LogP contribution in [-0.4, -0.2) is 5.78 Å². The number of benzene rings is 2. The molecule has 1 heterocycles. The van der Waals surface area contributed by atoms with E-state index in [4.69, 9.17) is 4.42 Å². The molecule has 1 aliphatic rings. The molecule has 0 spiro atoms. The quantitative estimate of drug-likeness (QED) is 0.618. The van der Waals surface area contributed by atoms with Crippen molar-refractivity contribution in [1.82, 2.24) is 0 Å². The number of para-hydroxylation sites is 1. The topological polar surface area (TPSA) is 30.2 Å². The Labute approximate surface area is 129 Å². The van der Waals surface area contributed by atoms with Crippen LogP contribution >= 0.6 is 0 Å². The average molecular weight is 290 g/mol. The van der Waals surface area contributed by atoms with Gasteiger partial charge in [0.2, 0.25) is 0 Å². The summed E-state index contributed by atoms with van der Waals surface area (Å²) in [6, 6.07) is 18.4. The minimum absolute atomic E-state index is 0.114. The fourth-order valence-corrected chi connectivity index (χ4v) is 3.81. The van der Waals surface area contributed by atoms with Crippen LogP contribution < -0.4 is 0 Å².